The Kier molecular flexibility index (Phi) is 3.75. The van der Waals surface area contributed by atoms with Gasteiger partial charge >= 0.3 is 0 Å². The Bertz CT molecular complexity index is 476. The summed E-state index contributed by atoms with van der Waals surface area (Å²) < 4.78 is 14.6. The highest BCUT2D eigenvalue weighted by Crippen LogP contribution is 2.16. The number of nitrogens with zero attached hydrogens (tertiary/aromatic N) is 3. The molecular weight excluding hydrogens is 241 g/mol. The molecule has 1 aromatic heterocycles. The van der Waals surface area contributed by atoms with E-state index in [9.17, 15) is 4.39 Å². The van der Waals surface area contributed by atoms with E-state index in [1.807, 2.05) is 10.8 Å². The van der Waals surface area contributed by atoms with Crippen LogP contribution in [0.5, 0.6) is 0 Å². The minimum absolute atomic E-state index is 0.158. The molecule has 1 heterocycles. The number of aromatic nitrogens is 3. The number of rotatable bonds is 4. The Morgan fingerprint density at radius 1 is 1.29 bits per heavy atom. The number of halogens is 1. The average Bonchev–Trinajstić information content (AvgIpc) is 2.74. The van der Waals surface area contributed by atoms with Crippen LogP contribution < -0.4 is 0 Å². The van der Waals surface area contributed by atoms with E-state index in [1.165, 1.54) is 23.9 Å². The summed E-state index contributed by atoms with van der Waals surface area (Å²) in [6.07, 6.45) is 1.90. The van der Waals surface area contributed by atoms with Crippen LogP contribution in [0, 0.1) is 5.82 Å². The fourth-order valence-corrected chi connectivity index (χ4v) is 2.03. The van der Waals surface area contributed by atoms with Gasteiger partial charge in [-0.05, 0) is 24.0 Å². The van der Waals surface area contributed by atoms with Crippen LogP contribution in [-0.2, 0) is 13.2 Å². The second-order valence-electron chi connectivity index (χ2n) is 3.47. The molecule has 0 saturated carbocycles. The first kappa shape index (κ1) is 12.1. The fourth-order valence-electron chi connectivity index (χ4n) is 1.52. The summed E-state index contributed by atoms with van der Waals surface area (Å²) in [5.41, 5.74) is 0.941. The molecule has 0 bridgehead atoms. The highest BCUT2D eigenvalue weighted by atomic mass is 32.2. The first-order valence-corrected chi connectivity index (χ1v) is 6.28. The lowest BCUT2D eigenvalue weighted by molar-refractivity contribution is 0.264. The van der Waals surface area contributed by atoms with Gasteiger partial charge < -0.3 is 5.11 Å². The van der Waals surface area contributed by atoms with Crippen LogP contribution in [0.3, 0.4) is 0 Å². The van der Waals surface area contributed by atoms with Crippen molar-refractivity contribution >= 4 is 11.8 Å². The summed E-state index contributed by atoms with van der Waals surface area (Å²) in [7, 11) is 0. The van der Waals surface area contributed by atoms with Gasteiger partial charge in [-0.25, -0.2) is 4.39 Å². The maximum atomic E-state index is 12.8. The van der Waals surface area contributed by atoms with Gasteiger partial charge in [-0.3, -0.25) is 4.57 Å². The Morgan fingerprint density at radius 3 is 2.59 bits per heavy atom. The zero-order chi connectivity index (χ0) is 12.3. The Morgan fingerprint density at radius 2 is 2.00 bits per heavy atom. The first-order valence-electron chi connectivity index (χ1n) is 5.06. The summed E-state index contributed by atoms with van der Waals surface area (Å²) >= 11 is 1.46. The van der Waals surface area contributed by atoms with Gasteiger partial charge in [0, 0.05) is 0 Å². The number of hydrogen-bond donors (Lipinski definition) is 1. The van der Waals surface area contributed by atoms with Gasteiger partial charge in [-0.1, -0.05) is 23.9 Å². The molecule has 0 unspecified atom stereocenters. The van der Waals surface area contributed by atoms with Gasteiger partial charge in [0.25, 0.3) is 0 Å². The molecule has 1 N–H and O–H groups in total. The van der Waals surface area contributed by atoms with E-state index in [0.29, 0.717) is 12.4 Å². The SMILES string of the molecule is CSc1nnc(CO)n1Cc1ccc(F)cc1. The predicted molar refractivity (Wildman–Crippen MR) is 63.2 cm³/mol. The smallest absolute Gasteiger partial charge is 0.191 e. The van der Waals surface area contributed by atoms with Crippen molar-refractivity contribution in [2.75, 3.05) is 6.26 Å². The minimum Gasteiger partial charge on any atom is -0.388 e. The Hall–Kier alpha value is -1.40. The Labute approximate surface area is 102 Å². The molecule has 0 fully saturated rings. The molecule has 0 aliphatic carbocycles. The van der Waals surface area contributed by atoms with Crippen LogP contribution in [0.15, 0.2) is 29.4 Å². The van der Waals surface area contributed by atoms with Gasteiger partial charge in [0.05, 0.1) is 6.54 Å². The number of aliphatic hydroxyl groups excluding tert-OH is 1. The average molecular weight is 253 g/mol. The third kappa shape index (κ3) is 2.65. The van der Waals surface area contributed by atoms with Crippen molar-refractivity contribution in [3.8, 4) is 0 Å². The molecule has 4 nitrogen and oxygen atoms in total. The zero-order valence-electron chi connectivity index (χ0n) is 9.30. The lowest BCUT2D eigenvalue weighted by atomic mass is 10.2. The van der Waals surface area contributed by atoms with Gasteiger partial charge in [0.2, 0.25) is 0 Å². The molecule has 6 heteroatoms. The number of hydrogen-bond acceptors (Lipinski definition) is 4. The van der Waals surface area contributed by atoms with E-state index < -0.39 is 0 Å². The van der Waals surface area contributed by atoms with E-state index in [2.05, 4.69) is 10.2 Å². The third-order valence-electron chi connectivity index (χ3n) is 2.37. The number of benzene rings is 1. The minimum atomic E-state index is -0.259. The molecular formula is C11H12FN3OS. The van der Waals surface area contributed by atoms with E-state index in [-0.39, 0.29) is 12.4 Å². The summed E-state index contributed by atoms with van der Waals surface area (Å²) in [4.78, 5) is 0. The summed E-state index contributed by atoms with van der Waals surface area (Å²) in [5.74, 6) is 0.253. The van der Waals surface area contributed by atoms with Crippen molar-refractivity contribution in [2.24, 2.45) is 0 Å². The molecule has 0 radical (unpaired) electrons. The van der Waals surface area contributed by atoms with Crippen LogP contribution in [0.1, 0.15) is 11.4 Å². The molecule has 1 aromatic carbocycles. The molecule has 0 aliphatic rings. The standard InChI is InChI=1S/C11H12FN3OS/c1-17-11-14-13-10(7-16)15(11)6-8-2-4-9(12)5-3-8/h2-5,16H,6-7H2,1H3. The van der Waals surface area contributed by atoms with Gasteiger partial charge in [-0.2, -0.15) is 0 Å². The molecule has 0 saturated heterocycles. The van der Waals surface area contributed by atoms with Gasteiger partial charge in [0.15, 0.2) is 11.0 Å². The van der Waals surface area contributed by atoms with E-state index in [0.717, 1.165) is 10.7 Å². The van der Waals surface area contributed by atoms with E-state index >= 15 is 0 Å². The van der Waals surface area contributed by atoms with E-state index in [1.54, 1.807) is 12.1 Å². The fraction of sp³-hybridized carbons (Fsp3) is 0.273. The van der Waals surface area contributed by atoms with E-state index in [4.69, 9.17) is 5.11 Å². The van der Waals surface area contributed by atoms with Crippen LogP contribution in [0.2, 0.25) is 0 Å². The van der Waals surface area contributed by atoms with Crippen molar-refractivity contribution in [2.45, 2.75) is 18.3 Å². The van der Waals surface area contributed by atoms with Crippen molar-refractivity contribution in [1.29, 1.82) is 0 Å². The predicted octanol–water partition coefficient (Wildman–Crippen LogP) is 1.68. The van der Waals surface area contributed by atoms with Crippen molar-refractivity contribution in [3.05, 3.63) is 41.5 Å². The summed E-state index contributed by atoms with van der Waals surface area (Å²) in [6, 6.07) is 6.25. The lowest BCUT2D eigenvalue weighted by Crippen LogP contribution is -2.06. The molecule has 2 aromatic rings. The molecule has 2 rings (SSSR count). The molecule has 0 aliphatic heterocycles. The zero-order valence-corrected chi connectivity index (χ0v) is 10.1. The number of aliphatic hydroxyl groups is 1. The van der Waals surface area contributed by atoms with Crippen LogP contribution >= 0.6 is 11.8 Å². The summed E-state index contributed by atoms with van der Waals surface area (Å²) in [5, 5.41) is 17.7. The third-order valence-corrected chi connectivity index (χ3v) is 3.04. The van der Waals surface area contributed by atoms with Crippen molar-refractivity contribution in [3.63, 3.8) is 0 Å². The second-order valence-corrected chi connectivity index (χ2v) is 4.25. The number of thioether (sulfide) groups is 1. The van der Waals surface area contributed by atoms with Gasteiger partial charge in [0.1, 0.15) is 12.4 Å². The van der Waals surface area contributed by atoms with Crippen LogP contribution in [0.25, 0.3) is 0 Å². The van der Waals surface area contributed by atoms with Crippen molar-refractivity contribution in [1.82, 2.24) is 14.8 Å². The maximum Gasteiger partial charge on any atom is 0.191 e. The monoisotopic (exact) mass is 253 g/mol. The first-order chi connectivity index (χ1) is 8.24. The van der Waals surface area contributed by atoms with Crippen LogP contribution in [-0.4, -0.2) is 26.1 Å². The normalized spacial score (nSPS) is 10.8. The van der Waals surface area contributed by atoms with Gasteiger partial charge in [-0.15, -0.1) is 10.2 Å². The highest BCUT2D eigenvalue weighted by Gasteiger charge is 2.10. The molecule has 0 amide bonds. The second kappa shape index (κ2) is 5.29. The largest absolute Gasteiger partial charge is 0.388 e. The quantitative estimate of drug-likeness (QED) is 0.842. The molecule has 0 spiro atoms. The topological polar surface area (TPSA) is 50.9 Å². The molecule has 90 valence electrons. The highest BCUT2D eigenvalue weighted by molar-refractivity contribution is 7.98. The summed E-state index contributed by atoms with van der Waals surface area (Å²) in [6.45, 7) is 0.369. The molecule has 17 heavy (non-hydrogen) atoms. The molecule has 0 atom stereocenters. The lowest BCUT2D eigenvalue weighted by Gasteiger charge is -2.07. The van der Waals surface area contributed by atoms with Crippen molar-refractivity contribution < 1.29 is 9.50 Å². The van der Waals surface area contributed by atoms with Crippen LogP contribution in [0.4, 0.5) is 4.39 Å². The maximum absolute atomic E-state index is 12.8. The Balaban J connectivity index is 2.28.